The van der Waals surface area contributed by atoms with E-state index in [4.69, 9.17) is 4.42 Å². The molecule has 0 spiro atoms. The molecule has 2 atom stereocenters. The van der Waals surface area contributed by atoms with Gasteiger partial charge in [-0.3, -0.25) is 9.69 Å². The van der Waals surface area contributed by atoms with Crippen molar-refractivity contribution in [3.05, 3.63) is 23.7 Å². The number of amides is 1. The molecule has 0 aliphatic carbocycles. The van der Waals surface area contributed by atoms with Crippen molar-refractivity contribution in [2.75, 3.05) is 26.2 Å². The summed E-state index contributed by atoms with van der Waals surface area (Å²) in [6.45, 7) is 3.03. The minimum Gasteiger partial charge on any atom is -0.465 e. The van der Waals surface area contributed by atoms with Crippen molar-refractivity contribution in [1.82, 2.24) is 9.80 Å². The molecule has 1 aromatic rings. The van der Waals surface area contributed by atoms with Crippen molar-refractivity contribution < 1.29 is 22.4 Å². The number of piperidine rings is 1. The number of hydrogen-bond acceptors (Lipinski definition) is 3. The Bertz CT molecular complexity index is 614. The van der Waals surface area contributed by atoms with E-state index < -0.39 is 12.1 Å². The quantitative estimate of drug-likeness (QED) is 0.794. The summed E-state index contributed by atoms with van der Waals surface area (Å²) >= 11 is 0. The van der Waals surface area contributed by atoms with Crippen molar-refractivity contribution in [3.63, 3.8) is 0 Å². The molecule has 2 aliphatic heterocycles. The summed E-state index contributed by atoms with van der Waals surface area (Å²) in [6.07, 6.45) is 0.369. The van der Waals surface area contributed by atoms with E-state index in [1.807, 2.05) is 19.1 Å². The first-order valence-corrected chi connectivity index (χ1v) is 9.49. The van der Waals surface area contributed by atoms with Gasteiger partial charge in [-0.2, -0.15) is 13.2 Å². The van der Waals surface area contributed by atoms with E-state index in [0.29, 0.717) is 13.0 Å². The average molecular weight is 372 g/mol. The van der Waals surface area contributed by atoms with Gasteiger partial charge in [0.2, 0.25) is 5.91 Å². The highest BCUT2D eigenvalue weighted by Gasteiger charge is 2.43. The molecule has 3 heterocycles. The number of rotatable bonds is 3. The number of alkyl halides is 3. The third-order valence-corrected chi connectivity index (χ3v) is 5.53. The number of aryl methyl sites for hydroxylation is 1. The number of carbonyl (C=O) groups is 1. The van der Waals surface area contributed by atoms with E-state index in [9.17, 15) is 18.0 Å². The van der Waals surface area contributed by atoms with Crippen molar-refractivity contribution in [3.8, 4) is 0 Å². The fourth-order valence-corrected chi connectivity index (χ4v) is 4.06. The summed E-state index contributed by atoms with van der Waals surface area (Å²) in [5.74, 6) is 0.0885. The predicted octanol–water partition coefficient (Wildman–Crippen LogP) is 4.31. The Balaban J connectivity index is 1.67. The SMILES string of the molecule is Cc1ccc([C@H]2CCCCCN2CC(=O)N2CCC[C@@H](C(F)(F)F)C2)o1. The molecule has 146 valence electrons. The van der Waals surface area contributed by atoms with Gasteiger partial charge in [0, 0.05) is 13.1 Å². The van der Waals surface area contributed by atoms with Gasteiger partial charge >= 0.3 is 6.18 Å². The Labute approximate surface area is 152 Å². The number of furan rings is 1. The molecule has 0 saturated carbocycles. The molecule has 0 aromatic carbocycles. The van der Waals surface area contributed by atoms with Crippen LogP contribution >= 0.6 is 0 Å². The molecule has 2 aliphatic rings. The van der Waals surface area contributed by atoms with Gasteiger partial charge < -0.3 is 9.32 Å². The molecule has 2 fully saturated rings. The second-order valence-electron chi connectivity index (χ2n) is 7.50. The zero-order chi connectivity index (χ0) is 18.7. The Morgan fingerprint density at radius 3 is 2.65 bits per heavy atom. The number of hydrogen-bond donors (Lipinski definition) is 0. The molecular formula is C19H27F3N2O2. The number of carbonyl (C=O) groups excluding carboxylic acids is 1. The van der Waals surface area contributed by atoms with Crippen LogP contribution < -0.4 is 0 Å². The van der Waals surface area contributed by atoms with E-state index in [1.54, 1.807) is 0 Å². The van der Waals surface area contributed by atoms with Gasteiger partial charge in [-0.05, 0) is 51.3 Å². The summed E-state index contributed by atoms with van der Waals surface area (Å²) in [6, 6.07) is 3.89. The zero-order valence-corrected chi connectivity index (χ0v) is 15.2. The average Bonchev–Trinajstić information content (AvgIpc) is 2.89. The molecule has 0 radical (unpaired) electrons. The van der Waals surface area contributed by atoms with Gasteiger partial charge in [-0.1, -0.05) is 12.8 Å². The van der Waals surface area contributed by atoms with E-state index in [2.05, 4.69) is 4.90 Å². The third-order valence-electron chi connectivity index (χ3n) is 5.53. The van der Waals surface area contributed by atoms with Gasteiger partial charge in [0.1, 0.15) is 11.5 Å². The summed E-state index contributed by atoms with van der Waals surface area (Å²) < 4.78 is 44.8. The minimum absolute atomic E-state index is 0.0263. The Morgan fingerprint density at radius 1 is 1.15 bits per heavy atom. The van der Waals surface area contributed by atoms with Gasteiger partial charge in [0.15, 0.2) is 0 Å². The largest absolute Gasteiger partial charge is 0.465 e. The lowest BCUT2D eigenvalue weighted by Crippen LogP contribution is -2.48. The van der Waals surface area contributed by atoms with Crippen LogP contribution in [-0.4, -0.2) is 48.1 Å². The van der Waals surface area contributed by atoms with Gasteiger partial charge in [0.25, 0.3) is 0 Å². The van der Waals surface area contributed by atoms with Crippen molar-refractivity contribution in [2.45, 2.75) is 57.7 Å². The molecule has 0 bridgehead atoms. The molecule has 4 nitrogen and oxygen atoms in total. The molecule has 26 heavy (non-hydrogen) atoms. The molecule has 1 amide bonds. The topological polar surface area (TPSA) is 36.7 Å². The molecule has 3 rings (SSSR count). The maximum atomic E-state index is 13.0. The lowest BCUT2D eigenvalue weighted by atomic mass is 9.97. The van der Waals surface area contributed by atoms with E-state index in [1.165, 1.54) is 4.90 Å². The van der Waals surface area contributed by atoms with E-state index in [-0.39, 0.29) is 31.5 Å². The van der Waals surface area contributed by atoms with Crippen molar-refractivity contribution in [2.24, 2.45) is 5.92 Å². The number of nitrogens with zero attached hydrogens (tertiary/aromatic N) is 2. The summed E-state index contributed by atoms with van der Waals surface area (Å²) in [4.78, 5) is 16.2. The number of likely N-dealkylation sites (tertiary alicyclic amines) is 2. The second-order valence-corrected chi connectivity index (χ2v) is 7.50. The summed E-state index contributed by atoms with van der Waals surface area (Å²) in [5.41, 5.74) is 0. The highest BCUT2D eigenvalue weighted by molar-refractivity contribution is 5.78. The normalized spacial score (nSPS) is 25.9. The summed E-state index contributed by atoms with van der Waals surface area (Å²) in [5, 5.41) is 0. The molecular weight excluding hydrogens is 345 g/mol. The Kier molecular flexibility index (Phi) is 5.95. The van der Waals surface area contributed by atoms with Crippen LogP contribution in [0.5, 0.6) is 0 Å². The predicted molar refractivity (Wildman–Crippen MR) is 91.6 cm³/mol. The first-order chi connectivity index (χ1) is 12.3. The zero-order valence-electron chi connectivity index (χ0n) is 15.2. The van der Waals surface area contributed by atoms with Gasteiger partial charge in [-0.15, -0.1) is 0 Å². The third kappa shape index (κ3) is 4.61. The fraction of sp³-hybridized carbons (Fsp3) is 0.737. The van der Waals surface area contributed by atoms with Crippen LogP contribution in [0.2, 0.25) is 0 Å². The van der Waals surface area contributed by atoms with Crippen LogP contribution in [0.4, 0.5) is 13.2 Å². The smallest absolute Gasteiger partial charge is 0.393 e. The molecule has 7 heteroatoms. The number of halogens is 3. The first kappa shape index (κ1) is 19.3. The highest BCUT2D eigenvalue weighted by atomic mass is 19.4. The van der Waals surface area contributed by atoms with Crippen molar-refractivity contribution >= 4 is 5.91 Å². The van der Waals surface area contributed by atoms with Crippen LogP contribution in [0.1, 0.15) is 56.1 Å². The Morgan fingerprint density at radius 2 is 1.96 bits per heavy atom. The van der Waals surface area contributed by atoms with Crippen LogP contribution in [0.25, 0.3) is 0 Å². The van der Waals surface area contributed by atoms with Crippen LogP contribution in [0.3, 0.4) is 0 Å². The molecule has 2 saturated heterocycles. The van der Waals surface area contributed by atoms with Crippen LogP contribution in [-0.2, 0) is 4.79 Å². The van der Waals surface area contributed by atoms with Gasteiger partial charge in [-0.25, -0.2) is 0 Å². The fourth-order valence-electron chi connectivity index (χ4n) is 4.06. The second kappa shape index (κ2) is 8.03. The van der Waals surface area contributed by atoms with Gasteiger partial charge in [0.05, 0.1) is 18.5 Å². The standard InChI is InChI=1S/C19H27F3N2O2/c1-14-8-9-17(26-14)16-7-3-2-4-10-23(16)13-18(25)24-11-5-6-15(12-24)19(20,21)22/h8-9,15-16H,2-7,10-13H2,1H3/t15-,16-/m1/s1. The van der Waals surface area contributed by atoms with Crippen LogP contribution in [0, 0.1) is 12.8 Å². The van der Waals surface area contributed by atoms with Crippen LogP contribution in [0.15, 0.2) is 16.5 Å². The molecule has 0 unspecified atom stereocenters. The first-order valence-electron chi connectivity index (χ1n) is 9.49. The summed E-state index contributed by atoms with van der Waals surface area (Å²) in [7, 11) is 0. The maximum absolute atomic E-state index is 13.0. The highest BCUT2D eigenvalue weighted by Crippen LogP contribution is 2.34. The van der Waals surface area contributed by atoms with E-state index >= 15 is 0 Å². The lowest BCUT2D eigenvalue weighted by molar-refractivity contribution is -0.188. The minimum atomic E-state index is -4.23. The monoisotopic (exact) mass is 372 g/mol. The molecule has 0 N–H and O–H groups in total. The van der Waals surface area contributed by atoms with Crippen molar-refractivity contribution in [1.29, 1.82) is 0 Å². The Hall–Kier alpha value is -1.50. The lowest BCUT2D eigenvalue weighted by Gasteiger charge is -2.36. The maximum Gasteiger partial charge on any atom is 0.393 e. The molecule has 1 aromatic heterocycles. The van der Waals surface area contributed by atoms with E-state index in [0.717, 1.165) is 43.7 Å².